The van der Waals surface area contributed by atoms with Crippen LogP contribution < -0.4 is 0 Å². The van der Waals surface area contributed by atoms with Crippen LogP contribution in [0, 0.1) is 5.92 Å². The van der Waals surface area contributed by atoms with Gasteiger partial charge in [-0.05, 0) is 42.8 Å². The number of piperidine rings is 1. The highest BCUT2D eigenvalue weighted by Crippen LogP contribution is 2.32. The second-order valence-corrected chi connectivity index (χ2v) is 10.3. The molecule has 2 aliphatic rings. The molecule has 188 valence electrons. The van der Waals surface area contributed by atoms with Crippen LogP contribution in [0.1, 0.15) is 23.2 Å². The zero-order chi connectivity index (χ0) is 25.4. The molecule has 2 fully saturated rings. The molecule has 6 rings (SSSR count). The maximum atomic E-state index is 13.9. The zero-order valence-electron chi connectivity index (χ0n) is 21.3. The molecule has 6 nitrogen and oxygen atoms in total. The first-order chi connectivity index (χ1) is 18.1. The minimum atomic E-state index is 0.00730. The van der Waals surface area contributed by atoms with Crippen LogP contribution in [0.4, 0.5) is 0 Å². The van der Waals surface area contributed by atoms with Crippen LogP contribution in [-0.4, -0.2) is 77.8 Å². The van der Waals surface area contributed by atoms with Gasteiger partial charge in [-0.15, -0.1) is 0 Å². The van der Waals surface area contributed by atoms with E-state index in [9.17, 15) is 9.59 Å². The predicted octanol–water partition coefficient (Wildman–Crippen LogP) is 4.68. The lowest BCUT2D eigenvalue weighted by Gasteiger charge is -2.37. The van der Waals surface area contributed by atoms with Crippen molar-refractivity contribution in [2.24, 2.45) is 5.92 Å². The Bertz CT molecular complexity index is 1460. The van der Waals surface area contributed by atoms with Gasteiger partial charge in [-0.25, -0.2) is 4.98 Å². The van der Waals surface area contributed by atoms with Crippen molar-refractivity contribution in [3.63, 3.8) is 0 Å². The molecule has 2 amide bonds. The number of likely N-dealkylation sites (tertiary alicyclic amines) is 1. The summed E-state index contributed by atoms with van der Waals surface area (Å²) in [6, 6.07) is 24.3. The number of para-hydroxylation sites is 1. The topological polar surface area (TPSA) is 56.8 Å². The molecule has 3 aromatic carbocycles. The van der Waals surface area contributed by atoms with Gasteiger partial charge in [0.1, 0.15) is 0 Å². The lowest BCUT2D eigenvalue weighted by Crippen LogP contribution is -2.51. The molecule has 0 bridgehead atoms. The Balaban J connectivity index is 1.27. The summed E-state index contributed by atoms with van der Waals surface area (Å²) in [5.74, 6) is 0.284. The summed E-state index contributed by atoms with van der Waals surface area (Å²) in [7, 11) is 2.10. The number of nitrogens with zero attached hydrogens (tertiary/aromatic N) is 4. The number of carbonyl (C=O) groups is 2. The third-order valence-electron chi connectivity index (χ3n) is 7.96. The van der Waals surface area contributed by atoms with Crippen LogP contribution in [0.2, 0.25) is 0 Å². The van der Waals surface area contributed by atoms with E-state index in [-0.39, 0.29) is 17.7 Å². The van der Waals surface area contributed by atoms with E-state index < -0.39 is 0 Å². The Morgan fingerprint density at radius 2 is 1.43 bits per heavy atom. The first-order valence-corrected chi connectivity index (χ1v) is 13.2. The van der Waals surface area contributed by atoms with E-state index in [4.69, 9.17) is 4.98 Å². The second kappa shape index (κ2) is 9.94. The Morgan fingerprint density at radius 1 is 0.757 bits per heavy atom. The molecule has 0 aliphatic carbocycles. The van der Waals surface area contributed by atoms with Gasteiger partial charge in [-0.2, -0.15) is 0 Å². The largest absolute Gasteiger partial charge is 0.340 e. The molecule has 0 atom stereocenters. The van der Waals surface area contributed by atoms with Gasteiger partial charge in [0.25, 0.3) is 5.91 Å². The third-order valence-corrected chi connectivity index (χ3v) is 7.96. The number of rotatable bonds is 3. The van der Waals surface area contributed by atoms with E-state index in [1.165, 1.54) is 0 Å². The minimum absolute atomic E-state index is 0.00730. The van der Waals surface area contributed by atoms with Crippen molar-refractivity contribution in [1.29, 1.82) is 0 Å². The van der Waals surface area contributed by atoms with Gasteiger partial charge in [0, 0.05) is 56.1 Å². The highest BCUT2D eigenvalue weighted by Gasteiger charge is 2.32. The maximum absolute atomic E-state index is 13.9. The molecule has 0 saturated carbocycles. The number of pyridine rings is 1. The molecule has 0 radical (unpaired) electrons. The van der Waals surface area contributed by atoms with E-state index in [1.807, 2.05) is 58.3 Å². The number of amides is 2. The van der Waals surface area contributed by atoms with Crippen LogP contribution in [-0.2, 0) is 4.79 Å². The zero-order valence-corrected chi connectivity index (χ0v) is 21.3. The Labute approximate surface area is 217 Å². The fourth-order valence-corrected chi connectivity index (χ4v) is 5.72. The first-order valence-electron chi connectivity index (χ1n) is 13.2. The molecular weight excluding hydrogens is 460 g/mol. The van der Waals surface area contributed by atoms with Gasteiger partial charge in [-0.3, -0.25) is 9.59 Å². The van der Waals surface area contributed by atoms with E-state index in [1.54, 1.807) is 0 Å². The summed E-state index contributed by atoms with van der Waals surface area (Å²) >= 11 is 0. The molecule has 6 heteroatoms. The first kappa shape index (κ1) is 23.6. The van der Waals surface area contributed by atoms with Gasteiger partial charge < -0.3 is 14.7 Å². The summed E-state index contributed by atoms with van der Waals surface area (Å²) in [4.78, 5) is 38.1. The molecule has 3 heterocycles. The monoisotopic (exact) mass is 492 g/mol. The number of hydrogen-bond donors (Lipinski definition) is 0. The molecule has 0 unspecified atom stereocenters. The maximum Gasteiger partial charge on any atom is 0.254 e. The molecule has 4 aromatic rings. The van der Waals surface area contributed by atoms with Crippen LogP contribution >= 0.6 is 0 Å². The van der Waals surface area contributed by atoms with E-state index in [0.29, 0.717) is 18.7 Å². The van der Waals surface area contributed by atoms with Crippen LogP contribution in [0.25, 0.3) is 32.9 Å². The fraction of sp³-hybridized carbons (Fsp3) is 0.323. The van der Waals surface area contributed by atoms with Gasteiger partial charge in [-0.1, -0.05) is 60.7 Å². The summed E-state index contributed by atoms with van der Waals surface area (Å²) in [6.07, 6.45) is 1.44. The summed E-state index contributed by atoms with van der Waals surface area (Å²) in [5.41, 5.74) is 3.32. The summed E-state index contributed by atoms with van der Waals surface area (Å²) in [6.45, 7) is 4.66. The molecule has 2 saturated heterocycles. The summed E-state index contributed by atoms with van der Waals surface area (Å²) < 4.78 is 0. The SMILES string of the molecule is CN1CCN(C(=O)C2CCN(C(=O)c3cc(-c4cccc5ccccc45)nc4ccccc34)CC2)CC1. The minimum Gasteiger partial charge on any atom is -0.340 e. The van der Waals surface area contributed by atoms with Crippen molar-refractivity contribution < 1.29 is 9.59 Å². The fourth-order valence-electron chi connectivity index (χ4n) is 5.72. The van der Waals surface area contributed by atoms with Crippen molar-refractivity contribution in [1.82, 2.24) is 19.7 Å². The quantitative estimate of drug-likeness (QED) is 0.417. The smallest absolute Gasteiger partial charge is 0.254 e. The standard InChI is InChI=1S/C31H32N4O2/c1-33-17-19-35(20-18-33)30(36)23-13-15-34(16-14-23)31(37)27-21-29(32-28-12-5-4-10-26(27)28)25-11-6-8-22-7-2-3-9-24(22)25/h2-12,21,23H,13-20H2,1H3. The molecule has 1 aromatic heterocycles. The van der Waals surface area contributed by atoms with Gasteiger partial charge in [0.15, 0.2) is 0 Å². The predicted molar refractivity (Wildman–Crippen MR) is 147 cm³/mol. The Kier molecular flexibility index (Phi) is 6.35. The van der Waals surface area contributed by atoms with Crippen molar-refractivity contribution in [2.75, 3.05) is 46.3 Å². The van der Waals surface area contributed by atoms with Crippen molar-refractivity contribution in [2.45, 2.75) is 12.8 Å². The van der Waals surface area contributed by atoms with Crippen LogP contribution in [0.15, 0.2) is 72.8 Å². The van der Waals surface area contributed by atoms with Crippen molar-refractivity contribution in [3.8, 4) is 11.3 Å². The molecule has 2 aliphatic heterocycles. The van der Waals surface area contributed by atoms with Gasteiger partial charge in [0.2, 0.25) is 5.91 Å². The average molecular weight is 493 g/mol. The molecule has 37 heavy (non-hydrogen) atoms. The van der Waals surface area contributed by atoms with Crippen molar-refractivity contribution >= 4 is 33.5 Å². The van der Waals surface area contributed by atoms with Crippen molar-refractivity contribution in [3.05, 3.63) is 78.4 Å². The highest BCUT2D eigenvalue weighted by molar-refractivity contribution is 6.08. The molecule has 0 N–H and O–H groups in total. The number of fused-ring (bicyclic) bond motifs is 2. The van der Waals surface area contributed by atoms with E-state index >= 15 is 0 Å². The second-order valence-electron chi connectivity index (χ2n) is 10.3. The van der Waals surface area contributed by atoms with Gasteiger partial charge in [0.05, 0.1) is 16.8 Å². The Morgan fingerprint density at radius 3 is 2.22 bits per heavy atom. The number of likely N-dealkylation sites (N-methyl/N-ethyl adjacent to an activating group) is 1. The van der Waals surface area contributed by atoms with Gasteiger partial charge >= 0.3 is 0 Å². The van der Waals surface area contributed by atoms with E-state index in [0.717, 1.165) is 72.0 Å². The third kappa shape index (κ3) is 4.58. The number of carbonyl (C=O) groups excluding carboxylic acids is 2. The lowest BCUT2D eigenvalue weighted by atomic mass is 9.93. The average Bonchev–Trinajstić information content (AvgIpc) is 2.96. The van der Waals surface area contributed by atoms with Crippen LogP contribution in [0.5, 0.6) is 0 Å². The summed E-state index contributed by atoms with van der Waals surface area (Å²) in [5, 5.41) is 3.14. The molecular formula is C31H32N4O2. The number of piperazine rings is 1. The Hall–Kier alpha value is -3.77. The van der Waals surface area contributed by atoms with Crippen LogP contribution in [0.3, 0.4) is 0 Å². The number of aromatic nitrogens is 1. The normalized spacial score (nSPS) is 17.4. The lowest BCUT2D eigenvalue weighted by molar-refractivity contribution is -0.138. The number of hydrogen-bond acceptors (Lipinski definition) is 4. The molecule has 0 spiro atoms. The number of benzene rings is 3. The van der Waals surface area contributed by atoms with E-state index in [2.05, 4.69) is 36.2 Å². The highest BCUT2D eigenvalue weighted by atomic mass is 16.2.